The van der Waals surface area contributed by atoms with E-state index in [-0.39, 0.29) is 0 Å². The first-order valence-corrected chi connectivity index (χ1v) is 5.64. The van der Waals surface area contributed by atoms with E-state index in [1.54, 1.807) is 0 Å². The van der Waals surface area contributed by atoms with Crippen LogP contribution in [-0.2, 0) is 6.42 Å². The largest absolute Gasteiger partial charge is 0.320 e. The molecule has 1 aromatic carbocycles. The molecule has 2 N–H and O–H groups in total. The number of hydrogen-bond acceptors (Lipinski definition) is 2. The lowest BCUT2D eigenvalue weighted by molar-refractivity contribution is 0.714. The third-order valence-corrected chi connectivity index (χ3v) is 2.66. The fourth-order valence-electron chi connectivity index (χ4n) is 1.81. The van der Waals surface area contributed by atoms with E-state index in [2.05, 4.69) is 39.8 Å². The average molecular weight is 215 g/mol. The zero-order valence-corrected chi connectivity index (χ0v) is 9.53. The van der Waals surface area contributed by atoms with Crippen molar-refractivity contribution < 1.29 is 0 Å². The molecule has 0 fully saturated rings. The Hall–Kier alpha value is -1.61. The van der Waals surface area contributed by atoms with E-state index < -0.39 is 0 Å². The number of aromatic amines is 1. The molecule has 0 saturated heterocycles. The number of benzene rings is 1. The van der Waals surface area contributed by atoms with Gasteiger partial charge in [0, 0.05) is 11.3 Å². The molecule has 0 spiro atoms. The van der Waals surface area contributed by atoms with Gasteiger partial charge in [-0.3, -0.25) is 5.10 Å². The summed E-state index contributed by atoms with van der Waals surface area (Å²) in [5, 5.41) is 10.4. The summed E-state index contributed by atoms with van der Waals surface area (Å²) in [6.07, 6.45) is 4.06. The Morgan fingerprint density at radius 3 is 2.81 bits per heavy atom. The molecule has 1 aromatic heterocycles. The van der Waals surface area contributed by atoms with Crippen LogP contribution in [0, 0.1) is 0 Å². The van der Waals surface area contributed by atoms with Crippen LogP contribution in [0.2, 0.25) is 0 Å². The molecule has 0 aliphatic carbocycles. The molecule has 0 saturated carbocycles. The van der Waals surface area contributed by atoms with Crippen LogP contribution < -0.4 is 5.32 Å². The van der Waals surface area contributed by atoms with Crippen LogP contribution in [0.15, 0.2) is 36.5 Å². The summed E-state index contributed by atoms with van der Waals surface area (Å²) in [6, 6.07) is 10.4. The maximum Gasteiger partial charge on any atom is 0.0568 e. The zero-order chi connectivity index (χ0) is 11.2. The Kier molecular flexibility index (Phi) is 3.72. The van der Waals surface area contributed by atoms with E-state index in [1.807, 2.05) is 19.3 Å². The summed E-state index contributed by atoms with van der Waals surface area (Å²) in [5.74, 6) is 0. The van der Waals surface area contributed by atoms with Gasteiger partial charge in [-0.15, -0.1) is 0 Å². The van der Waals surface area contributed by atoms with Crippen molar-refractivity contribution in [3.63, 3.8) is 0 Å². The van der Waals surface area contributed by atoms with Gasteiger partial charge in [0.15, 0.2) is 0 Å². The summed E-state index contributed by atoms with van der Waals surface area (Å²) in [5.41, 5.74) is 3.67. The minimum absolute atomic E-state index is 1.03. The van der Waals surface area contributed by atoms with Gasteiger partial charge in [0.25, 0.3) is 0 Å². The lowest BCUT2D eigenvalue weighted by Crippen LogP contribution is -2.08. The minimum atomic E-state index is 1.03. The van der Waals surface area contributed by atoms with Crippen molar-refractivity contribution in [1.29, 1.82) is 0 Å². The molecule has 0 bridgehead atoms. The van der Waals surface area contributed by atoms with Crippen molar-refractivity contribution in [3.05, 3.63) is 42.2 Å². The Balaban J connectivity index is 2.13. The number of rotatable bonds is 5. The first kappa shape index (κ1) is 10.9. The fraction of sp³-hybridized carbons (Fsp3) is 0.308. The summed E-state index contributed by atoms with van der Waals surface area (Å²) < 4.78 is 0. The molecule has 0 aliphatic rings. The van der Waals surface area contributed by atoms with Gasteiger partial charge < -0.3 is 5.32 Å². The first-order chi connectivity index (χ1) is 7.92. The molecule has 0 aliphatic heterocycles. The molecule has 0 radical (unpaired) electrons. The SMILES string of the molecule is CNCCCc1[nH]ncc1-c1ccccc1. The van der Waals surface area contributed by atoms with Crippen LogP contribution in [-0.4, -0.2) is 23.8 Å². The summed E-state index contributed by atoms with van der Waals surface area (Å²) in [6.45, 7) is 1.03. The van der Waals surface area contributed by atoms with Gasteiger partial charge >= 0.3 is 0 Å². The highest BCUT2D eigenvalue weighted by molar-refractivity contribution is 5.64. The van der Waals surface area contributed by atoms with Crippen LogP contribution >= 0.6 is 0 Å². The molecule has 0 unspecified atom stereocenters. The Labute approximate surface area is 95.9 Å². The summed E-state index contributed by atoms with van der Waals surface area (Å²) in [7, 11) is 1.98. The maximum atomic E-state index is 4.13. The second-order valence-corrected chi connectivity index (χ2v) is 3.84. The van der Waals surface area contributed by atoms with Crippen molar-refractivity contribution in [2.24, 2.45) is 0 Å². The van der Waals surface area contributed by atoms with E-state index in [4.69, 9.17) is 0 Å². The molecular weight excluding hydrogens is 198 g/mol. The van der Waals surface area contributed by atoms with Gasteiger partial charge in [-0.1, -0.05) is 30.3 Å². The van der Waals surface area contributed by atoms with Crippen LogP contribution in [0.25, 0.3) is 11.1 Å². The number of hydrogen-bond donors (Lipinski definition) is 2. The highest BCUT2D eigenvalue weighted by atomic mass is 15.1. The summed E-state index contributed by atoms with van der Waals surface area (Å²) >= 11 is 0. The topological polar surface area (TPSA) is 40.7 Å². The second kappa shape index (κ2) is 5.47. The first-order valence-electron chi connectivity index (χ1n) is 5.64. The van der Waals surface area contributed by atoms with Crippen molar-refractivity contribution >= 4 is 0 Å². The quantitative estimate of drug-likeness (QED) is 0.751. The Morgan fingerprint density at radius 1 is 1.25 bits per heavy atom. The third-order valence-electron chi connectivity index (χ3n) is 2.66. The lowest BCUT2D eigenvalue weighted by atomic mass is 10.0. The number of H-pyrrole nitrogens is 1. The summed E-state index contributed by atoms with van der Waals surface area (Å²) in [4.78, 5) is 0. The average Bonchev–Trinajstić information content (AvgIpc) is 2.79. The zero-order valence-electron chi connectivity index (χ0n) is 9.53. The molecule has 3 heteroatoms. The van der Waals surface area contributed by atoms with Crippen LogP contribution in [0.3, 0.4) is 0 Å². The highest BCUT2D eigenvalue weighted by Crippen LogP contribution is 2.22. The number of aryl methyl sites for hydroxylation is 1. The normalized spacial score (nSPS) is 10.6. The number of nitrogens with zero attached hydrogens (tertiary/aromatic N) is 1. The minimum Gasteiger partial charge on any atom is -0.320 e. The van der Waals surface area contributed by atoms with E-state index in [0.29, 0.717) is 0 Å². The molecule has 2 rings (SSSR count). The smallest absolute Gasteiger partial charge is 0.0568 e. The van der Waals surface area contributed by atoms with E-state index in [0.717, 1.165) is 19.4 Å². The molecule has 1 heterocycles. The van der Waals surface area contributed by atoms with E-state index in [1.165, 1.54) is 16.8 Å². The van der Waals surface area contributed by atoms with Gasteiger partial charge in [0.1, 0.15) is 0 Å². The van der Waals surface area contributed by atoms with Gasteiger partial charge in [0.2, 0.25) is 0 Å². The van der Waals surface area contributed by atoms with Crippen LogP contribution in [0.5, 0.6) is 0 Å². The number of aromatic nitrogens is 2. The van der Waals surface area contributed by atoms with Crippen molar-refractivity contribution in [3.8, 4) is 11.1 Å². The van der Waals surface area contributed by atoms with Gasteiger partial charge in [-0.25, -0.2) is 0 Å². The second-order valence-electron chi connectivity index (χ2n) is 3.84. The van der Waals surface area contributed by atoms with Gasteiger partial charge in [0.05, 0.1) is 6.20 Å². The third kappa shape index (κ3) is 2.49. The van der Waals surface area contributed by atoms with E-state index in [9.17, 15) is 0 Å². The van der Waals surface area contributed by atoms with Gasteiger partial charge in [-0.05, 0) is 32.0 Å². The predicted molar refractivity (Wildman–Crippen MR) is 66.3 cm³/mol. The van der Waals surface area contributed by atoms with Gasteiger partial charge in [-0.2, -0.15) is 5.10 Å². The Bertz CT molecular complexity index is 420. The molecule has 0 amide bonds. The Morgan fingerprint density at radius 2 is 2.06 bits per heavy atom. The fourth-order valence-corrected chi connectivity index (χ4v) is 1.81. The standard InChI is InChI=1S/C13H17N3/c1-14-9-5-8-13-12(10-15-16-13)11-6-3-2-4-7-11/h2-4,6-7,10,14H,5,8-9H2,1H3,(H,15,16). The maximum absolute atomic E-state index is 4.13. The molecule has 84 valence electrons. The van der Waals surface area contributed by atoms with Crippen LogP contribution in [0.4, 0.5) is 0 Å². The van der Waals surface area contributed by atoms with E-state index >= 15 is 0 Å². The van der Waals surface area contributed by atoms with Crippen molar-refractivity contribution in [1.82, 2.24) is 15.5 Å². The predicted octanol–water partition coefficient (Wildman–Crippen LogP) is 2.23. The van der Waals surface area contributed by atoms with Crippen molar-refractivity contribution in [2.45, 2.75) is 12.8 Å². The number of nitrogens with one attached hydrogen (secondary N) is 2. The molecule has 2 aromatic rings. The molecular formula is C13H17N3. The van der Waals surface area contributed by atoms with Crippen LogP contribution in [0.1, 0.15) is 12.1 Å². The molecule has 0 atom stereocenters. The monoisotopic (exact) mass is 215 g/mol. The molecule has 3 nitrogen and oxygen atoms in total. The molecule has 16 heavy (non-hydrogen) atoms. The lowest BCUT2D eigenvalue weighted by Gasteiger charge is -2.03. The van der Waals surface area contributed by atoms with Crippen molar-refractivity contribution in [2.75, 3.05) is 13.6 Å². The highest BCUT2D eigenvalue weighted by Gasteiger charge is 2.06.